The number of hydrogen-bond donors (Lipinski definition) is 1. The Balaban J connectivity index is 1.83. The fourth-order valence-electron chi connectivity index (χ4n) is 2.63. The van der Waals surface area contributed by atoms with Gasteiger partial charge >= 0.3 is 0 Å². The van der Waals surface area contributed by atoms with Gasteiger partial charge < -0.3 is 14.7 Å². The van der Waals surface area contributed by atoms with Crippen molar-refractivity contribution in [2.24, 2.45) is 5.92 Å². The van der Waals surface area contributed by atoms with Gasteiger partial charge in [0, 0.05) is 19.7 Å². The Hall–Kier alpha value is -1.55. The molecule has 4 nitrogen and oxygen atoms in total. The molecule has 0 aliphatic carbocycles. The van der Waals surface area contributed by atoms with Crippen LogP contribution < -0.4 is 4.74 Å². The first-order valence-electron chi connectivity index (χ1n) is 7.71. The van der Waals surface area contributed by atoms with E-state index in [4.69, 9.17) is 4.74 Å². The van der Waals surface area contributed by atoms with E-state index in [9.17, 15) is 9.90 Å². The molecule has 1 aromatic carbocycles. The van der Waals surface area contributed by atoms with Crippen molar-refractivity contribution >= 4 is 5.91 Å². The molecule has 1 aromatic rings. The minimum absolute atomic E-state index is 0.00101. The van der Waals surface area contributed by atoms with Gasteiger partial charge in [0.15, 0.2) is 6.61 Å². The van der Waals surface area contributed by atoms with E-state index in [-0.39, 0.29) is 25.0 Å². The smallest absolute Gasteiger partial charge is 0.260 e. The zero-order valence-electron chi connectivity index (χ0n) is 12.9. The molecule has 1 saturated heterocycles. The number of piperidine rings is 1. The molecule has 1 aliphatic rings. The maximum Gasteiger partial charge on any atom is 0.260 e. The predicted octanol–water partition coefficient (Wildman–Crippen LogP) is 2.42. The number of hydrogen-bond acceptors (Lipinski definition) is 3. The monoisotopic (exact) mass is 291 g/mol. The van der Waals surface area contributed by atoms with Gasteiger partial charge in [-0.3, -0.25) is 4.79 Å². The van der Waals surface area contributed by atoms with Crippen molar-refractivity contribution < 1.29 is 14.6 Å². The fraction of sp³-hybridized carbons (Fsp3) is 0.588. The van der Waals surface area contributed by atoms with Gasteiger partial charge in [0.25, 0.3) is 5.91 Å². The van der Waals surface area contributed by atoms with E-state index < -0.39 is 0 Å². The van der Waals surface area contributed by atoms with Gasteiger partial charge in [-0.2, -0.15) is 0 Å². The van der Waals surface area contributed by atoms with Crippen LogP contribution in [0, 0.1) is 5.92 Å². The lowest BCUT2D eigenvalue weighted by molar-refractivity contribution is -0.135. The number of nitrogens with zero attached hydrogens (tertiary/aromatic N) is 1. The highest BCUT2D eigenvalue weighted by molar-refractivity contribution is 5.77. The van der Waals surface area contributed by atoms with E-state index in [1.807, 2.05) is 24.3 Å². The average molecular weight is 291 g/mol. The third-order valence-corrected chi connectivity index (χ3v) is 4.04. The highest BCUT2D eigenvalue weighted by Gasteiger charge is 2.23. The van der Waals surface area contributed by atoms with Crippen molar-refractivity contribution in [1.82, 2.24) is 4.90 Å². The summed E-state index contributed by atoms with van der Waals surface area (Å²) in [6.45, 7) is 5.93. The normalized spacial score (nSPS) is 18.9. The number of amides is 1. The van der Waals surface area contributed by atoms with Crippen molar-refractivity contribution in [3.63, 3.8) is 0 Å². The molecule has 1 amide bonds. The molecule has 2 rings (SSSR count). The van der Waals surface area contributed by atoms with E-state index in [0.717, 1.165) is 25.1 Å². The molecule has 0 aromatic heterocycles. The Labute approximate surface area is 126 Å². The second kappa shape index (κ2) is 7.46. The Bertz CT molecular complexity index is 456. The van der Waals surface area contributed by atoms with Crippen LogP contribution in [-0.2, 0) is 4.79 Å². The number of aliphatic hydroxyl groups is 1. The van der Waals surface area contributed by atoms with E-state index in [0.29, 0.717) is 12.5 Å². The van der Waals surface area contributed by atoms with Gasteiger partial charge in [-0.15, -0.1) is 0 Å². The molecule has 1 fully saturated rings. The van der Waals surface area contributed by atoms with E-state index in [1.165, 1.54) is 5.56 Å². The summed E-state index contributed by atoms with van der Waals surface area (Å²) in [6, 6.07) is 7.89. The van der Waals surface area contributed by atoms with Gasteiger partial charge in [0.05, 0.1) is 0 Å². The minimum atomic E-state index is 0.00101. The number of likely N-dealkylation sites (tertiary alicyclic amines) is 1. The van der Waals surface area contributed by atoms with Crippen LogP contribution in [0.1, 0.15) is 38.2 Å². The first kappa shape index (κ1) is 15.8. The van der Waals surface area contributed by atoms with Crippen LogP contribution >= 0.6 is 0 Å². The van der Waals surface area contributed by atoms with E-state index in [1.54, 1.807) is 4.90 Å². The maximum absolute atomic E-state index is 12.1. The maximum atomic E-state index is 12.1. The Kier molecular flexibility index (Phi) is 5.62. The number of rotatable bonds is 5. The van der Waals surface area contributed by atoms with Crippen LogP contribution in [0.4, 0.5) is 0 Å². The zero-order chi connectivity index (χ0) is 15.2. The molecule has 0 saturated carbocycles. The number of benzene rings is 1. The summed E-state index contributed by atoms with van der Waals surface area (Å²) in [5, 5.41) is 9.20. The van der Waals surface area contributed by atoms with Crippen molar-refractivity contribution in [2.75, 3.05) is 26.3 Å². The summed E-state index contributed by atoms with van der Waals surface area (Å²) in [4.78, 5) is 13.9. The molecule has 0 radical (unpaired) electrons. The van der Waals surface area contributed by atoms with Crippen molar-refractivity contribution in [2.45, 2.75) is 32.6 Å². The molecule has 1 aliphatic heterocycles. The lowest BCUT2D eigenvalue weighted by Crippen LogP contribution is -2.43. The van der Waals surface area contributed by atoms with Gasteiger partial charge in [-0.25, -0.2) is 0 Å². The predicted molar refractivity (Wildman–Crippen MR) is 82.4 cm³/mol. The molecule has 4 heteroatoms. The molecule has 116 valence electrons. The third kappa shape index (κ3) is 4.46. The van der Waals surface area contributed by atoms with Crippen LogP contribution in [0.15, 0.2) is 24.3 Å². The Morgan fingerprint density at radius 2 is 2.10 bits per heavy atom. The van der Waals surface area contributed by atoms with Crippen LogP contribution in [-0.4, -0.2) is 42.2 Å². The minimum Gasteiger partial charge on any atom is -0.484 e. The highest BCUT2D eigenvalue weighted by atomic mass is 16.5. The van der Waals surface area contributed by atoms with Crippen molar-refractivity contribution in [3.8, 4) is 5.75 Å². The topological polar surface area (TPSA) is 49.8 Å². The van der Waals surface area contributed by atoms with Gasteiger partial charge in [-0.05, 0) is 42.4 Å². The summed E-state index contributed by atoms with van der Waals surface area (Å²) in [5.41, 5.74) is 1.26. The number of carbonyl (C=O) groups excluding carboxylic acids is 1. The molecule has 1 unspecified atom stereocenters. The summed E-state index contributed by atoms with van der Waals surface area (Å²) in [5.74, 6) is 1.43. The number of ether oxygens (including phenoxy) is 1. The SMILES string of the molecule is CC(C)c1ccc(OCC(=O)N2CCCC(CO)C2)cc1. The molecular formula is C17H25NO3. The second-order valence-corrected chi connectivity index (χ2v) is 6.04. The molecule has 1 N–H and O–H groups in total. The average Bonchev–Trinajstić information content (AvgIpc) is 2.53. The number of carbonyl (C=O) groups is 1. The van der Waals surface area contributed by atoms with E-state index in [2.05, 4.69) is 13.8 Å². The van der Waals surface area contributed by atoms with Crippen LogP contribution in [0.5, 0.6) is 5.75 Å². The van der Waals surface area contributed by atoms with Gasteiger partial charge in [0.2, 0.25) is 0 Å². The molecule has 0 bridgehead atoms. The van der Waals surface area contributed by atoms with Crippen molar-refractivity contribution in [3.05, 3.63) is 29.8 Å². The van der Waals surface area contributed by atoms with Crippen molar-refractivity contribution in [1.29, 1.82) is 0 Å². The Morgan fingerprint density at radius 1 is 1.38 bits per heavy atom. The summed E-state index contributed by atoms with van der Waals surface area (Å²) >= 11 is 0. The van der Waals surface area contributed by atoms with E-state index >= 15 is 0 Å². The van der Waals surface area contributed by atoms with Crippen LogP contribution in [0.2, 0.25) is 0 Å². The largest absolute Gasteiger partial charge is 0.484 e. The first-order chi connectivity index (χ1) is 10.1. The highest BCUT2D eigenvalue weighted by Crippen LogP contribution is 2.19. The molecule has 21 heavy (non-hydrogen) atoms. The Morgan fingerprint density at radius 3 is 2.71 bits per heavy atom. The first-order valence-corrected chi connectivity index (χ1v) is 7.71. The fourth-order valence-corrected chi connectivity index (χ4v) is 2.63. The lowest BCUT2D eigenvalue weighted by Gasteiger charge is -2.31. The van der Waals surface area contributed by atoms with Crippen LogP contribution in [0.25, 0.3) is 0 Å². The molecule has 0 spiro atoms. The van der Waals surface area contributed by atoms with Gasteiger partial charge in [-0.1, -0.05) is 26.0 Å². The second-order valence-electron chi connectivity index (χ2n) is 6.04. The lowest BCUT2D eigenvalue weighted by atomic mass is 9.99. The molecular weight excluding hydrogens is 266 g/mol. The zero-order valence-corrected chi connectivity index (χ0v) is 12.9. The third-order valence-electron chi connectivity index (χ3n) is 4.04. The summed E-state index contributed by atoms with van der Waals surface area (Å²) in [7, 11) is 0. The van der Waals surface area contributed by atoms with Crippen LogP contribution in [0.3, 0.4) is 0 Å². The van der Waals surface area contributed by atoms with Gasteiger partial charge in [0.1, 0.15) is 5.75 Å². The quantitative estimate of drug-likeness (QED) is 0.906. The molecule has 1 atom stereocenters. The molecule has 1 heterocycles. The summed E-state index contributed by atoms with van der Waals surface area (Å²) in [6.07, 6.45) is 1.96. The summed E-state index contributed by atoms with van der Waals surface area (Å²) < 4.78 is 5.57. The standard InChI is InChI=1S/C17H25NO3/c1-13(2)15-5-7-16(8-6-15)21-12-17(20)18-9-3-4-14(10-18)11-19/h5-8,13-14,19H,3-4,9-12H2,1-2H3. The number of aliphatic hydroxyl groups excluding tert-OH is 1.